The maximum absolute atomic E-state index is 11.2. The Labute approximate surface area is 114 Å². The Morgan fingerprint density at radius 3 is 2.40 bits per heavy atom. The number of nitrogens with zero attached hydrogens (tertiary/aromatic N) is 3. The van der Waals surface area contributed by atoms with E-state index >= 15 is 0 Å². The number of carboxylic acids is 1. The van der Waals surface area contributed by atoms with Crippen LogP contribution in [0.4, 0.5) is 0 Å². The van der Waals surface area contributed by atoms with Crippen molar-refractivity contribution < 1.29 is 9.90 Å². The number of hydrogen-bond donors (Lipinski definition) is 2. The summed E-state index contributed by atoms with van der Waals surface area (Å²) >= 11 is 0. The molecule has 1 aromatic heterocycles. The van der Waals surface area contributed by atoms with E-state index < -0.39 is 5.97 Å². The van der Waals surface area contributed by atoms with E-state index in [1.807, 2.05) is 36.4 Å². The topological polar surface area (TPSA) is 91.8 Å². The minimum absolute atomic E-state index is 0.192. The van der Waals surface area contributed by atoms with Crippen molar-refractivity contribution in [2.75, 3.05) is 0 Å². The lowest BCUT2D eigenvalue weighted by Gasteiger charge is -2.06. The van der Waals surface area contributed by atoms with Gasteiger partial charge in [0.2, 0.25) is 0 Å². The highest BCUT2D eigenvalue weighted by atomic mass is 16.4. The van der Waals surface area contributed by atoms with Gasteiger partial charge in [-0.2, -0.15) is 0 Å². The Morgan fingerprint density at radius 2 is 1.75 bits per heavy atom. The first-order valence-corrected chi connectivity index (χ1v) is 5.92. The molecule has 0 radical (unpaired) electrons. The summed E-state index contributed by atoms with van der Waals surface area (Å²) < 4.78 is 0. The van der Waals surface area contributed by atoms with E-state index in [0.717, 1.165) is 11.1 Å². The number of aromatic nitrogens is 4. The summed E-state index contributed by atoms with van der Waals surface area (Å²) in [6.07, 6.45) is 0. The van der Waals surface area contributed by atoms with Gasteiger partial charge in [0.25, 0.3) is 0 Å². The van der Waals surface area contributed by atoms with Crippen LogP contribution in [0, 0.1) is 0 Å². The van der Waals surface area contributed by atoms with E-state index in [9.17, 15) is 9.90 Å². The zero-order valence-corrected chi connectivity index (χ0v) is 10.3. The minimum atomic E-state index is -0.989. The van der Waals surface area contributed by atoms with Gasteiger partial charge in [-0.05, 0) is 39.8 Å². The van der Waals surface area contributed by atoms with Gasteiger partial charge in [-0.15, -0.1) is 5.10 Å². The Morgan fingerprint density at radius 1 is 1.00 bits per heavy atom. The zero-order chi connectivity index (χ0) is 13.9. The third-order valence-electron chi connectivity index (χ3n) is 2.91. The summed E-state index contributed by atoms with van der Waals surface area (Å²) in [6.45, 7) is 0. The van der Waals surface area contributed by atoms with E-state index in [0.29, 0.717) is 11.4 Å². The lowest BCUT2D eigenvalue weighted by molar-refractivity contribution is 0.0697. The standard InChI is InChI=1S/C14H10N4O2/c19-14(20)12-7-10(9-4-2-1-3-5-9)6-11(8-12)13-15-17-18-16-13/h1-8H,(H,19,20)(H,15,16,17,18). The highest BCUT2D eigenvalue weighted by molar-refractivity contribution is 5.91. The lowest BCUT2D eigenvalue weighted by atomic mass is 9.99. The molecular weight excluding hydrogens is 256 g/mol. The van der Waals surface area contributed by atoms with Gasteiger partial charge in [-0.3, -0.25) is 0 Å². The summed E-state index contributed by atoms with van der Waals surface area (Å²) in [5.41, 5.74) is 2.56. The number of tetrazole rings is 1. The monoisotopic (exact) mass is 266 g/mol. The highest BCUT2D eigenvalue weighted by Crippen LogP contribution is 2.26. The average molecular weight is 266 g/mol. The fraction of sp³-hybridized carbons (Fsp3) is 0. The first-order valence-electron chi connectivity index (χ1n) is 5.92. The molecule has 0 saturated heterocycles. The molecule has 0 aliphatic carbocycles. The molecule has 0 saturated carbocycles. The molecule has 6 nitrogen and oxygen atoms in total. The van der Waals surface area contributed by atoms with Gasteiger partial charge >= 0.3 is 5.97 Å². The van der Waals surface area contributed by atoms with Crippen molar-refractivity contribution in [2.24, 2.45) is 0 Å². The molecule has 3 aromatic rings. The maximum atomic E-state index is 11.2. The van der Waals surface area contributed by atoms with Gasteiger partial charge in [0.15, 0.2) is 5.82 Å². The largest absolute Gasteiger partial charge is 0.478 e. The molecule has 1 heterocycles. The molecule has 2 N–H and O–H groups in total. The van der Waals surface area contributed by atoms with E-state index in [-0.39, 0.29) is 5.56 Å². The van der Waals surface area contributed by atoms with Crippen LogP contribution in [0.25, 0.3) is 22.5 Å². The molecule has 0 atom stereocenters. The number of hydrogen-bond acceptors (Lipinski definition) is 4. The van der Waals surface area contributed by atoms with E-state index in [1.54, 1.807) is 6.07 Å². The predicted octanol–water partition coefficient (Wildman–Crippen LogP) is 2.23. The molecule has 2 aromatic carbocycles. The van der Waals surface area contributed by atoms with Crippen LogP contribution in [-0.2, 0) is 0 Å². The van der Waals surface area contributed by atoms with Gasteiger partial charge in [-0.1, -0.05) is 30.3 Å². The molecular formula is C14H10N4O2. The van der Waals surface area contributed by atoms with Gasteiger partial charge in [0.1, 0.15) is 0 Å². The molecule has 0 fully saturated rings. The van der Waals surface area contributed by atoms with Crippen molar-refractivity contribution in [1.29, 1.82) is 0 Å². The first-order chi connectivity index (χ1) is 9.74. The summed E-state index contributed by atoms with van der Waals surface area (Å²) in [7, 11) is 0. The average Bonchev–Trinajstić information content (AvgIpc) is 3.02. The van der Waals surface area contributed by atoms with Gasteiger partial charge < -0.3 is 5.11 Å². The molecule has 6 heteroatoms. The van der Waals surface area contributed by atoms with Crippen molar-refractivity contribution in [3.05, 3.63) is 54.1 Å². The molecule has 3 rings (SSSR count). The molecule has 0 aliphatic rings. The third kappa shape index (κ3) is 2.26. The molecule has 20 heavy (non-hydrogen) atoms. The second-order valence-electron chi connectivity index (χ2n) is 4.22. The SMILES string of the molecule is O=C(O)c1cc(-c2ccccc2)cc(-c2nnn[nH]2)c1. The van der Waals surface area contributed by atoms with Crippen molar-refractivity contribution >= 4 is 5.97 Å². The van der Waals surface area contributed by atoms with Crippen LogP contribution < -0.4 is 0 Å². The third-order valence-corrected chi connectivity index (χ3v) is 2.91. The van der Waals surface area contributed by atoms with Crippen LogP contribution >= 0.6 is 0 Å². The van der Waals surface area contributed by atoms with Crippen molar-refractivity contribution in [1.82, 2.24) is 20.6 Å². The summed E-state index contributed by atoms with van der Waals surface area (Å²) in [5.74, 6) is -0.554. The molecule has 0 bridgehead atoms. The van der Waals surface area contributed by atoms with Crippen LogP contribution in [0.15, 0.2) is 48.5 Å². The smallest absolute Gasteiger partial charge is 0.335 e. The number of H-pyrrole nitrogens is 1. The number of nitrogens with one attached hydrogen (secondary N) is 1. The second kappa shape index (κ2) is 4.93. The summed E-state index contributed by atoms with van der Waals surface area (Å²) in [6, 6.07) is 14.6. The molecule has 0 spiro atoms. The Kier molecular flexibility index (Phi) is 2.96. The van der Waals surface area contributed by atoms with Crippen LogP contribution in [0.1, 0.15) is 10.4 Å². The number of rotatable bonds is 3. The molecule has 0 aliphatic heterocycles. The van der Waals surface area contributed by atoms with E-state index in [2.05, 4.69) is 20.6 Å². The lowest BCUT2D eigenvalue weighted by Crippen LogP contribution is -1.98. The van der Waals surface area contributed by atoms with Crippen molar-refractivity contribution in [3.63, 3.8) is 0 Å². The molecule has 0 amide bonds. The zero-order valence-electron chi connectivity index (χ0n) is 10.3. The first kappa shape index (κ1) is 12.0. The number of carboxylic acid groups (broad SMARTS) is 1. The Balaban J connectivity index is 2.18. The van der Waals surface area contributed by atoms with Gasteiger partial charge in [0.05, 0.1) is 5.56 Å². The van der Waals surface area contributed by atoms with E-state index in [4.69, 9.17) is 0 Å². The number of benzene rings is 2. The fourth-order valence-corrected chi connectivity index (χ4v) is 1.97. The fourth-order valence-electron chi connectivity index (χ4n) is 1.97. The second-order valence-corrected chi connectivity index (χ2v) is 4.22. The minimum Gasteiger partial charge on any atom is -0.478 e. The van der Waals surface area contributed by atoms with E-state index in [1.165, 1.54) is 6.07 Å². The normalized spacial score (nSPS) is 10.4. The number of aromatic carboxylic acids is 1. The van der Waals surface area contributed by atoms with Crippen LogP contribution in [0.3, 0.4) is 0 Å². The summed E-state index contributed by atoms with van der Waals surface area (Å²) in [4.78, 5) is 11.2. The van der Waals surface area contributed by atoms with Gasteiger partial charge in [-0.25, -0.2) is 9.89 Å². The highest BCUT2D eigenvalue weighted by Gasteiger charge is 2.11. The summed E-state index contributed by atoms with van der Waals surface area (Å²) in [5, 5.41) is 22.7. The van der Waals surface area contributed by atoms with Crippen LogP contribution in [0.5, 0.6) is 0 Å². The number of aromatic amines is 1. The predicted molar refractivity (Wildman–Crippen MR) is 72.0 cm³/mol. The Bertz CT molecular complexity index is 739. The quantitative estimate of drug-likeness (QED) is 0.758. The van der Waals surface area contributed by atoms with Crippen molar-refractivity contribution in [2.45, 2.75) is 0 Å². The number of carbonyl (C=O) groups is 1. The maximum Gasteiger partial charge on any atom is 0.335 e. The van der Waals surface area contributed by atoms with Gasteiger partial charge in [0, 0.05) is 5.56 Å². The molecule has 98 valence electrons. The molecule has 0 unspecified atom stereocenters. The Hall–Kier alpha value is -3.02. The van der Waals surface area contributed by atoms with Crippen LogP contribution in [-0.4, -0.2) is 31.7 Å². The van der Waals surface area contributed by atoms with Crippen LogP contribution in [0.2, 0.25) is 0 Å². The van der Waals surface area contributed by atoms with Crippen molar-refractivity contribution in [3.8, 4) is 22.5 Å².